The maximum absolute atomic E-state index is 11.8. The number of imidazole rings is 1. The van der Waals surface area contributed by atoms with Crippen LogP contribution in [0.15, 0.2) is 41.5 Å². The van der Waals surface area contributed by atoms with Gasteiger partial charge >= 0.3 is 6.03 Å². The first-order valence-electron chi connectivity index (χ1n) is 7.84. The van der Waals surface area contributed by atoms with Gasteiger partial charge in [-0.05, 0) is 39.1 Å². The van der Waals surface area contributed by atoms with Crippen molar-refractivity contribution in [3.05, 3.63) is 42.9 Å². The molecule has 1 unspecified atom stereocenters. The number of hydrogen-bond donors (Lipinski definition) is 2. The molecule has 1 atom stereocenters. The number of aromatic nitrogens is 2. The topological polar surface area (TPSA) is 75.3 Å². The van der Waals surface area contributed by atoms with Crippen molar-refractivity contribution in [2.45, 2.75) is 25.4 Å². The van der Waals surface area contributed by atoms with Crippen LogP contribution in [0, 0.1) is 0 Å². The molecular formula is C16H25N5O2. The number of likely N-dealkylation sites (N-methyl/N-ethyl adjacent to an activating group) is 1. The molecule has 0 aromatic carbocycles. The van der Waals surface area contributed by atoms with Gasteiger partial charge in [0.2, 0.25) is 0 Å². The minimum atomic E-state index is -0.147. The van der Waals surface area contributed by atoms with Gasteiger partial charge in [-0.3, -0.25) is 4.90 Å². The van der Waals surface area contributed by atoms with Crippen LogP contribution < -0.4 is 10.6 Å². The molecule has 2 aromatic rings. The van der Waals surface area contributed by atoms with Crippen LogP contribution in [-0.4, -0.2) is 47.7 Å². The number of unbranched alkanes of at least 4 members (excludes halogenated alkanes) is 1. The monoisotopic (exact) mass is 319 g/mol. The predicted molar refractivity (Wildman–Crippen MR) is 88.0 cm³/mol. The summed E-state index contributed by atoms with van der Waals surface area (Å²) < 4.78 is 7.45. The maximum atomic E-state index is 11.8. The summed E-state index contributed by atoms with van der Waals surface area (Å²) in [6, 6.07) is 3.65. The maximum Gasteiger partial charge on any atom is 0.314 e. The number of carbonyl (C=O) groups is 1. The van der Waals surface area contributed by atoms with E-state index in [1.54, 1.807) is 18.8 Å². The first kappa shape index (κ1) is 17.1. The highest BCUT2D eigenvalue weighted by molar-refractivity contribution is 5.73. The fraction of sp³-hybridized carbons (Fsp3) is 0.500. The Balaban J connectivity index is 1.60. The van der Waals surface area contributed by atoms with Gasteiger partial charge in [0.25, 0.3) is 0 Å². The predicted octanol–water partition coefficient (Wildman–Crippen LogP) is 1.86. The van der Waals surface area contributed by atoms with E-state index in [1.807, 2.05) is 41.9 Å². The van der Waals surface area contributed by atoms with Crippen LogP contribution in [0.5, 0.6) is 0 Å². The van der Waals surface area contributed by atoms with E-state index in [0.717, 1.165) is 25.1 Å². The van der Waals surface area contributed by atoms with E-state index in [0.29, 0.717) is 13.1 Å². The number of rotatable bonds is 9. The van der Waals surface area contributed by atoms with Crippen molar-refractivity contribution < 1.29 is 9.21 Å². The molecule has 2 N–H and O–H groups in total. The van der Waals surface area contributed by atoms with E-state index in [-0.39, 0.29) is 12.1 Å². The molecule has 0 aliphatic rings. The van der Waals surface area contributed by atoms with Gasteiger partial charge in [-0.2, -0.15) is 0 Å². The molecule has 0 bridgehead atoms. The van der Waals surface area contributed by atoms with E-state index in [1.165, 1.54) is 0 Å². The van der Waals surface area contributed by atoms with Gasteiger partial charge < -0.3 is 19.6 Å². The zero-order chi connectivity index (χ0) is 16.5. The number of carbonyl (C=O) groups excluding carboxylic acids is 1. The molecule has 2 rings (SSSR count). The molecule has 0 fully saturated rings. The third-order valence-corrected chi connectivity index (χ3v) is 3.64. The van der Waals surface area contributed by atoms with Crippen molar-refractivity contribution in [3.63, 3.8) is 0 Å². The van der Waals surface area contributed by atoms with Gasteiger partial charge in [0, 0.05) is 32.0 Å². The zero-order valence-electron chi connectivity index (χ0n) is 13.7. The highest BCUT2D eigenvalue weighted by atomic mass is 16.3. The summed E-state index contributed by atoms with van der Waals surface area (Å²) in [7, 11) is 3.92. The quantitative estimate of drug-likeness (QED) is 0.692. The second-order valence-corrected chi connectivity index (χ2v) is 5.64. The summed E-state index contributed by atoms with van der Waals surface area (Å²) in [5.74, 6) is 0.843. The summed E-state index contributed by atoms with van der Waals surface area (Å²) in [4.78, 5) is 17.9. The largest absolute Gasteiger partial charge is 0.468 e. The van der Waals surface area contributed by atoms with E-state index in [4.69, 9.17) is 4.42 Å². The molecule has 2 amide bonds. The van der Waals surface area contributed by atoms with E-state index in [2.05, 4.69) is 15.6 Å². The SMILES string of the molecule is CN(C)C(CNC(=O)NCCCCn1ccnc1)c1ccco1. The number of furan rings is 1. The number of amides is 2. The standard InChI is InChI=1S/C16H25N5O2/c1-20(2)14(15-6-5-11-23-15)12-19-16(22)18-7-3-4-9-21-10-8-17-13-21/h5-6,8,10-11,13-14H,3-4,7,9,12H2,1-2H3,(H2,18,19,22). The molecule has 126 valence electrons. The highest BCUT2D eigenvalue weighted by Crippen LogP contribution is 2.17. The van der Waals surface area contributed by atoms with Crippen molar-refractivity contribution >= 4 is 6.03 Å². The molecule has 0 aliphatic carbocycles. The lowest BCUT2D eigenvalue weighted by Crippen LogP contribution is -2.40. The molecule has 23 heavy (non-hydrogen) atoms. The van der Waals surface area contributed by atoms with Crippen LogP contribution in [0.25, 0.3) is 0 Å². The van der Waals surface area contributed by atoms with E-state index < -0.39 is 0 Å². The van der Waals surface area contributed by atoms with Crippen LogP contribution in [0.1, 0.15) is 24.6 Å². The Kier molecular flexibility index (Phi) is 6.68. The molecule has 2 aromatic heterocycles. The van der Waals surface area contributed by atoms with Crippen LogP contribution >= 0.6 is 0 Å². The van der Waals surface area contributed by atoms with E-state index >= 15 is 0 Å². The number of aryl methyl sites for hydroxylation is 1. The van der Waals surface area contributed by atoms with Crippen molar-refractivity contribution in [1.82, 2.24) is 25.1 Å². The van der Waals surface area contributed by atoms with Gasteiger partial charge in [-0.1, -0.05) is 0 Å². The number of hydrogen-bond acceptors (Lipinski definition) is 4. The lowest BCUT2D eigenvalue weighted by Gasteiger charge is -2.22. The van der Waals surface area contributed by atoms with Crippen LogP contribution in [0.2, 0.25) is 0 Å². The fourth-order valence-corrected chi connectivity index (χ4v) is 2.31. The smallest absolute Gasteiger partial charge is 0.314 e. The summed E-state index contributed by atoms with van der Waals surface area (Å²) in [6.45, 7) is 2.08. The molecule has 0 saturated heterocycles. The zero-order valence-corrected chi connectivity index (χ0v) is 13.7. The van der Waals surface area contributed by atoms with Crippen LogP contribution in [-0.2, 0) is 6.54 Å². The van der Waals surface area contributed by atoms with E-state index in [9.17, 15) is 4.79 Å². The van der Waals surface area contributed by atoms with Crippen molar-refractivity contribution in [2.75, 3.05) is 27.2 Å². The van der Waals surface area contributed by atoms with Crippen LogP contribution in [0.4, 0.5) is 4.79 Å². The number of nitrogens with one attached hydrogen (secondary N) is 2. The first-order valence-corrected chi connectivity index (χ1v) is 7.84. The average Bonchev–Trinajstić information content (AvgIpc) is 3.20. The second-order valence-electron chi connectivity index (χ2n) is 5.64. The lowest BCUT2D eigenvalue weighted by molar-refractivity contribution is 0.225. The van der Waals surface area contributed by atoms with Gasteiger partial charge in [-0.15, -0.1) is 0 Å². The number of nitrogens with zero attached hydrogens (tertiary/aromatic N) is 3. The molecule has 0 saturated carbocycles. The average molecular weight is 319 g/mol. The summed E-state index contributed by atoms with van der Waals surface area (Å²) >= 11 is 0. The molecule has 7 nitrogen and oxygen atoms in total. The number of urea groups is 1. The summed E-state index contributed by atoms with van der Waals surface area (Å²) in [5.41, 5.74) is 0. The van der Waals surface area contributed by atoms with Gasteiger partial charge in [0.05, 0.1) is 18.6 Å². The Bertz CT molecular complexity index is 551. The summed E-state index contributed by atoms with van der Waals surface area (Å²) in [5, 5.41) is 5.77. The molecule has 2 heterocycles. The van der Waals surface area contributed by atoms with Gasteiger partial charge in [-0.25, -0.2) is 9.78 Å². The minimum Gasteiger partial charge on any atom is -0.468 e. The summed E-state index contributed by atoms with van der Waals surface area (Å²) in [6.07, 6.45) is 9.09. The molecule has 0 spiro atoms. The van der Waals surface area contributed by atoms with Gasteiger partial charge in [0.15, 0.2) is 0 Å². The van der Waals surface area contributed by atoms with Crippen molar-refractivity contribution in [3.8, 4) is 0 Å². The Hall–Kier alpha value is -2.28. The minimum absolute atomic E-state index is 0.0250. The molecular weight excluding hydrogens is 294 g/mol. The second kappa shape index (κ2) is 8.99. The molecule has 0 aliphatic heterocycles. The third kappa shape index (κ3) is 5.78. The van der Waals surface area contributed by atoms with Crippen molar-refractivity contribution in [2.24, 2.45) is 0 Å². The Morgan fingerprint density at radius 3 is 2.91 bits per heavy atom. The Labute approximate surface area is 136 Å². The lowest BCUT2D eigenvalue weighted by atomic mass is 10.2. The highest BCUT2D eigenvalue weighted by Gasteiger charge is 2.17. The fourth-order valence-electron chi connectivity index (χ4n) is 2.31. The molecule has 7 heteroatoms. The third-order valence-electron chi connectivity index (χ3n) is 3.64. The Morgan fingerprint density at radius 1 is 1.39 bits per heavy atom. The van der Waals surface area contributed by atoms with Crippen molar-refractivity contribution in [1.29, 1.82) is 0 Å². The molecule has 0 radical (unpaired) electrons. The Morgan fingerprint density at radius 2 is 2.26 bits per heavy atom. The van der Waals surface area contributed by atoms with Gasteiger partial charge in [0.1, 0.15) is 5.76 Å². The van der Waals surface area contributed by atoms with Crippen LogP contribution in [0.3, 0.4) is 0 Å². The normalized spacial score (nSPS) is 12.3. The first-order chi connectivity index (χ1) is 11.2.